The lowest BCUT2D eigenvalue weighted by molar-refractivity contribution is -0.132. The molecule has 0 fully saturated rings. The maximum absolute atomic E-state index is 12.0. The van der Waals surface area contributed by atoms with Crippen LogP contribution >= 0.6 is 11.8 Å². The zero-order valence-electron chi connectivity index (χ0n) is 13.2. The highest BCUT2D eigenvalue weighted by atomic mass is 32.2. The Morgan fingerprint density at radius 3 is 2.09 bits per heavy atom. The van der Waals surface area contributed by atoms with E-state index in [1.807, 2.05) is 0 Å². The number of nitrogens with one attached hydrogen (secondary N) is 1. The molecule has 22 heavy (non-hydrogen) atoms. The summed E-state index contributed by atoms with van der Waals surface area (Å²) in [6.07, 6.45) is 0. The van der Waals surface area contributed by atoms with Crippen molar-refractivity contribution in [1.29, 1.82) is 0 Å². The summed E-state index contributed by atoms with van der Waals surface area (Å²) in [5.41, 5.74) is 1.06. The zero-order chi connectivity index (χ0) is 16.9. The molecule has 118 valence electrons. The lowest BCUT2D eigenvalue weighted by Crippen LogP contribution is -2.35. The summed E-state index contributed by atoms with van der Waals surface area (Å²) in [7, 11) is 3.24. The van der Waals surface area contributed by atoms with Gasteiger partial charge in [-0.15, -0.1) is 11.8 Å². The van der Waals surface area contributed by atoms with E-state index in [1.54, 1.807) is 45.3 Å². The molecule has 0 saturated carbocycles. The van der Waals surface area contributed by atoms with E-state index in [1.165, 1.54) is 23.6 Å². The van der Waals surface area contributed by atoms with Gasteiger partial charge in [0.05, 0.1) is 0 Å². The van der Waals surface area contributed by atoms with Gasteiger partial charge < -0.3 is 10.2 Å². The van der Waals surface area contributed by atoms with Crippen molar-refractivity contribution in [3.8, 4) is 0 Å². The van der Waals surface area contributed by atoms with Crippen molar-refractivity contribution < 1.29 is 14.4 Å². The fourth-order valence-electron chi connectivity index (χ4n) is 1.53. The zero-order valence-corrected chi connectivity index (χ0v) is 14.0. The molecular formula is C16H20N2O3S. The van der Waals surface area contributed by atoms with Crippen molar-refractivity contribution in [3.05, 3.63) is 36.4 Å². The van der Waals surface area contributed by atoms with Gasteiger partial charge in [-0.1, -0.05) is 6.58 Å². The number of Topliss-reactive ketones (excluding diaryl/α,β-unsaturated/α-hetero) is 1. The van der Waals surface area contributed by atoms with Crippen LogP contribution in [0.4, 0.5) is 5.69 Å². The standard InChI is InChI=1S/C16H20N2O3S/c1-10(2)15(20)17-12-6-8-13(9-7-12)22-14(11(3)19)16(21)18(4)5/h6-9,14H,1H2,2-5H3,(H,17,20). The minimum atomic E-state index is -0.758. The molecule has 1 aromatic carbocycles. The number of amides is 2. The van der Waals surface area contributed by atoms with Crippen LogP contribution in [0.2, 0.25) is 0 Å². The Bertz CT molecular complexity index is 594. The number of hydrogen-bond acceptors (Lipinski definition) is 4. The Balaban J connectivity index is 2.81. The molecule has 1 aromatic rings. The van der Waals surface area contributed by atoms with E-state index >= 15 is 0 Å². The molecule has 5 nitrogen and oxygen atoms in total. The van der Waals surface area contributed by atoms with E-state index in [9.17, 15) is 14.4 Å². The third-order valence-corrected chi connectivity index (χ3v) is 4.10. The average Bonchev–Trinajstić information content (AvgIpc) is 2.45. The Kier molecular flexibility index (Phi) is 6.37. The number of thioether (sulfide) groups is 1. The van der Waals surface area contributed by atoms with Crippen LogP contribution in [0.3, 0.4) is 0 Å². The van der Waals surface area contributed by atoms with Gasteiger partial charge in [-0.3, -0.25) is 14.4 Å². The first-order chi connectivity index (χ1) is 10.2. The molecule has 0 heterocycles. The molecule has 0 aliphatic heterocycles. The SMILES string of the molecule is C=C(C)C(=O)Nc1ccc(SC(C(C)=O)C(=O)N(C)C)cc1. The van der Waals surface area contributed by atoms with Gasteiger partial charge in [0.15, 0.2) is 5.78 Å². The molecule has 1 unspecified atom stereocenters. The van der Waals surface area contributed by atoms with E-state index in [-0.39, 0.29) is 17.6 Å². The van der Waals surface area contributed by atoms with Crippen LogP contribution in [-0.4, -0.2) is 41.8 Å². The normalized spacial score (nSPS) is 11.5. The topological polar surface area (TPSA) is 66.5 Å². The van der Waals surface area contributed by atoms with Crippen molar-refractivity contribution in [2.75, 3.05) is 19.4 Å². The molecule has 1 N–H and O–H groups in total. The van der Waals surface area contributed by atoms with E-state index in [2.05, 4.69) is 11.9 Å². The molecule has 6 heteroatoms. The number of benzene rings is 1. The fourth-order valence-corrected chi connectivity index (χ4v) is 2.58. The van der Waals surface area contributed by atoms with Gasteiger partial charge in [0.1, 0.15) is 5.25 Å². The summed E-state index contributed by atoms with van der Waals surface area (Å²) < 4.78 is 0. The smallest absolute Gasteiger partial charge is 0.250 e. The van der Waals surface area contributed by atoms with Crippen LogP contribution < -0.4 is 5.32 Å². The first-order valence-electron chi connectivity index (χ1n) is 6.67. The highest BCUT2D eigenvalue weighted by molar-refractivity contribution is 8.01. The monoisotopic (exact) mass is 320 g/mol. The Morgan fingerprint density at radius 2 is 1.68 bits per heavy atom. The summed E-state index contributed by atoms with van der Waals surface area (Å²) in [5, 5.41) is 1.94. The van der Waals surface area contributed by atoms with E-state index < -0.39 is 5.25 Å². The van der Waals surface area contributed by atoms with Crippen LogP contribution in [-0.2, 0) is 14.4 Å². The molecule has 2 amide bonds. The van der Waals surface area contributed by atoms with Gasteiger partial charge in [-0.25, -0.2) is 0 Å². The van der Waals surface area contributed by atoms with Gasteiger partial charge >= 0.3 is 0 Å². The largest absolute Gasteiger partial charge is 0.347 e. The molecule has 0 aliphatic carbocycles. The number of ketones is 1. The van der Waals surface area contributed by atoms with Crippen molar-refractivity contribution in [2.24, 2.45) is 0 Å². The second-order valence-electron chi connectivity index (χ2n) is 5.10. The van der Waals surface area contributed by atoms with Gasteiger partial charge in [0, 0.05) is 30.3 Å². The molecule has 0 radical (unpaired) electrons. The van der Waals surface area contributed by atoms with Crippen molar-refractivity contribution in [1.82, 2.24) is 4.90 Å². The molecule has 0 aromatic heterocycles. The van der Waals surface area contributed by atoms with Crippen LogP contribution in [0, 0.1) is 0 Å². The van der Waals surface area contributed by atoms with Gasteiger partial charge in [-0.2, -0.15) is 0 Å². The number of nitrogens with zero attached hydrogens (tertiary/aromatic N) is 1. The Hall–Kier alpha value is -2.08. The van der Waals surface area contributed by atoms with Crippen LogP contribution in [0.1, 0.15) is 13.8 Å². The number of rotatable bonds is 6. The Labute approximate surface area is 134 Å². The predicted octanol–water partition coefficient (Wildman–Crippen LogP) is 2.34. The second kappa shape index (κ2) is 7.79. The van der Waals surface area contributed by atoms with Crippen LogP contribution in [0.25, 0.3) is 0 Å². The maximum Gasteiger partial charge on any atom is 0.250 e. The predicted molar refractivity (Wildman–Crippen MR) is 88.9 cm³/mol. The van der Waals surface area contributed by atoms with Crippen molar-refractivity contribution in [2.45, 2.75) is 24.0 Å². The molecule has 0 spiro atoms. The lowest BCUT2D eigenvalue weighted by atomic mass is 10.3. The van der Waals surface area contributed by atoms with Crippen molar-refractivity contribution in [3.63, 3.8) is 0 Å². The van der Waals surface area contributed by atoms with Crippen LogP contribution in [0.5, 0.6) is 0 Å². The second-order valence-corrected chi connectivity index (χ2v) is 6.28. The Morgan fingerprint density at radius 1 is 1.14 bits per heavy atom. The lowest BCUT2D eigenvalue weighted by Gasteiger charge is -2.18. The minimum absolute atomic E-state index is 0.191. The number of hydrogen-bond donors (Lipinski definition) is 1. The van der Waals surface area contributed by atoms with Crippen molar-refractivity contribution >= 4 is 35.0 Å². The summed E-state index contributed by atoms with van der Waals surface area (Å²) >= 11 is 1.20. The van der Waals surface area contributed by atoms with E-state index in [4.69, 9.17) is 0 Å². The molecule has 0 aliphatic rings. The molecule has 0 saturated heterocycles. The number of carbonyl (C=O) groups is 3. The minimum Gasteiger partial charge on any atom is -0.347 e. The van der Waals surface area contributed by atoms with Gasteiger partial charge in [-0.05, 0) is 38.1 Å². The number of anilines is 1. The quantitative estimate of drug-likeness (QED) is 0.496. The molecule has 0 bridgehead atoms. The fraction of sp³-hybridized carbons (Fsp3) is 0.312. The third kappa shape index (κ3) is 5.04. The highest BCUT2D eigenvalue weighted by Crippen LogP contribution is 2.26. The summed E-state index contributed by atoms with van der Waals surface area (Å²) in [6.45, 7) is 6.60. The first kappa shape index (κ1) is 18.0. The highest BCUT2D eigenvalue weighted by Gasteiger charge is 2.25. The van der Waals surface area contributed by atoms with Gasteiger partial charge in [0.25, 0.3) is 5.91 Å². The maximum atomic E-state index is 12.0. The van der Waals surface area contributed by atoms with E-state index in [0.717, 1.165) is 4.90 Å². The summed E-state index contributed by atoms with van der Waals surface area (Å²) in [5.74, 6) is -0.676. The van der Waals surface area contributed by atoms with Gasteiger partial charge in [0.2, 0.25) is 5.91 Å². The average molecular weight is 320 g/mol. The summed E-state index contributed by atoms with van der Waals surface area (Å²) in [4.78, 5) is 37.3. The number of carbonyl (C=O) groups excluding carboxylic acids is 3. The molecule has 1 atom stereocenters. The summed E-state index contributed by atoms with van der Waals surface area (Å²) in [6, 6.07) is 6.97. The van der Waals surface area contributed by atoms with Crippen LogP contribution in [0.15, 0.2) is 41.3 Å². The van der Waals surface area contributed by atoms with E-state index in [0.29, 0.717) is 11.3 Å². The molecular weight excluding hydrogens is 300 g/mol. The molecule has 1 rings (SSSR count). The first-order valence-corrected chi connectivity index (χ1v) is 7.55. The third-order valence-electron chi connectivity index (χ3n) is 2.79.